The molecule has 4 heteroatoms. The normalized spacial score (nSPS) is 0. The van der Waals surface area contributed by atoms with Gasteiger partial charge in [0.15, 0.2) is 0 Å². The summed E-state index contributed by atoms with van der Waals surface area (Å²) in [5.41, 5.74) is 0. The summed E-state index contributed by atoms with van der Waals surface area (Å²) in [7, 11) is 0. The first-order valence-corrected chi connectivity index (χ1v) is 0. The van der Waals surface area contributed by atoms with Crippen molar-refractivity contribution in [1.82, 2.24) is 0 Å². The minimum absolute atomic E-state index is 0. The Morgan fingerprint density at radius 3 is 1.00 bits per heavy atom. The Morgan fingerprint density at radius 1 is 1.00 bits per heavy atom. The van der Waals surface area contributed by atoms with Gasteiger partial charge in [0.25, 0.3) is 0 Å². The summed E-state index contributed by atoms with van der Waals surface area (Å²) in [4.78, 5) is 0. The zero-order valence-electron chi connectivity index (χ0n) is 1.21. The van der Waals surface area contributed by atoms with Crippen molar-refractivity contribution in [3.63, 3.8) is 0 Å². The van der Waals surface area contributed by atoms with Crippen LogP contribution in [0.2, 0.25) is 0 Å². The molecule has 0 bridgehead atoms. The molecule has 0 fully saturated rings. The average molecular weight is 152 g/mol. The van der Waals surface area contributed by atoms with Gasteiger partial charge in [-0.05, 0) is 0 Å². The maximum absolute atomic E-state index is 0. The predicted octanol–water partition coefficient (Wildman–Crippen LogP) is -2.66. The Kier molecular flexibility index (Phi) is 134. The molecule has 0 aliphatic rings. The molecule has 4 heavy (non-hydrogen) atoms. The number of hydrogen-bond acceptors (Lipinski definition) is 0. The quantitative estimate of drug-likeness (QED) is 0.339. The summed E-state index contributed by atoms with van der Waals surface area (Å²) in [5, 5.41) is 0. The van der Waals surface area contributed by atoms with Crippen molar-refractivity contribution in [2.24, 2.45) is 0 Å². The van der Waals surface area contributed by atoms with E-state index in [2.05, 4.69) is 0 Å². The van der Waals surface area contributed by atoms with Crippen molar-refractivity contribution < 1.29 is 25.0 Å². The first-order chi connectivity index (χ1) is 0. The van der Waals surface area contributed by atoms with Crippen molar-refractivity contribution in [3.05, 3.63) is 0 Å². The Morgan fingerprint density at radius 2 is 1.00 bits per heavy atom. The molecular formula is H6CaMgOZn. The van der Waals surface area contributed by atoms with Crippen molar-refractivity contribution in [1.29, 1.82) is 0 Å². The first kappa shape index (κ1) is 30.5. The van der Waals surface area contributed by atoms with Gasteiger partial charge in [-0.1, -0.05) is 0 Å². The molecule has 0 unspecified atom stereocenters. The standard InChI is InChI=1S/Ca.Mg.H2O.Zn.4H/h;;1H2;;;;;. The van der Waals surface area contributed by atoms with Gasteiger partial charge in [-0.15, -0.1) is 0 Å². The molecule has 0 spiro atoms. The fourth-order valence-corrected chi connectivity index (χ4v) is 0. The molecular weight excluding hydrogens is 146 g/mol. The molecule has 1 nitrogen and oxygen atoms in total. The molecule has 0 aliphatic heterocycles. The zero-order chi connectivity index (χ0) is 0. The summed E-state index contributed by atoms with van der Waals surface area (Å²) in [5.74, 6) is 0. The molecule has 0 aromatic heterocycles. The monoisotopic (exact) mass is 150 g/mol. The second kappa shape index (κ2) is 17.5. The number of rotatable bonds is 0. The van der Waals surface area contributed by atoms with Gasteiger partial charge in [-0.3, -0.25) is 0 Å². The summed E-state index contributed by atoms with van der Waals surface area (Å²) in [6.45, 7) is 0. The van der Waals surface area contributed by atoms with Crippen LogP contribution < -0.4 is 0 Å². The average Bonchev–Trinajstić information content (AvgIpc) is 0. The van der Waals surface area contributed by atoms with Crippen LogP contribution >= 0.6 is 0 Å². The van der Waals surface area contributed by atoms with Gasteiger partial charge in [0.2, 0.25) is 0 Å². The summed E-state index contributed by atoms with van der Waals surface area (Å²) < 4.78 is 0. The maximum atomic E-state index is 0. The van der Waals surface area contributed by atoms with Crippen LogP contribution in [-0.4, -0.2) is 66.3 Å². The first-order valence-electron chi connectivity index (χ1n) is 0. The van der Waals surface area contributed by atoms with Crippen LogP contribution in [0.5, 0.6) is 0 Å². The smallest absolute Gasteiger partial charge is 0 e. The van der Waals surface area contributed by atoms with Gasteiger partial charge < -0.3 is 5.48 Å². The van der Waals surface area contributed by atoms with E-state index in [-0.39, 0.29) is 85.7 Å². The van der Waals surface area contributed by atoms with Crippen molar-refractivity contribution >= 4 is 60.8 Å². The third-order valence-electron chi connectivity index (χ3n) is 0. The molecule has 0 radical (unpaired) electrons. The molecule has 0 aromatic carbocycles. The van der Waals surface area contributed by atoms with Gasteiger partial charge in [-0.25, -0.2) is 0 Å². The van der Waals surface area contributed by atoms with Crippen LogP contribution in [0.1, 0.15) is 0 Å². The van der Waals surface area contributed by atoms with Crippen molar-refractivity contribution in [2.75, 3.05) is 0 Å². The van der Waals surface area contributed by atoms with Crippen LogP contribution in [0.4, 0.5) is 0 Å². The van der Waals surface area contributed by atoms with E-state index in [1.807, 2.05) is 0 Å². The molecule has 18 valence electrons. The molecule has 0 aromatic rings. The van der Waals surface area contributed by atoms with Crippen LogP contribution in [0.3, 0.4) is 0 Å². The Balaban J connectivity index is 0. The van der Waals surface area contributed by atoms with E-state index in [1.165, 1.54) is 0 Å². The minimum Gasteiger partial charge on any atom is 0 e. The fraction of sp³-hybridized carbons (Fsp3) is 0. The van der Waals surface area contributed by atoms with Crippen LogP contribution in [0, 0.1) is 0 Å². The topological polar surface area (TPSA) is 31.5 Å². The second-order valence-electron chi connectivity index (χ2n) is 0. The van der Waals surface area contributed by atoms with Gasteiger partial charge in [-0.2, -0.15) is 0 Å². The van der Waals surface area contributed by atoms with Crippen LogP contribution in [0.15, 0.2) is 0 Å². The molecule has 0 atom stereocenters. The van der Waals surface area contributed by atoms with E-state index in [0.29, 0.717) is 0 Å². The van der Waals surface area contributed by atoms with Gasteiger partial charge in [0, 0.05) is 19.5 Å². The Hall–Kier alpha value is 2.61. The molecule has 0 saturated heterocycles. The van der Waals surface area contributed by atoms with E-state index in [9.17, 15) is 0 Å². The molecule has 2 N–H and O–H groups in total. The van der Waals surface area contributed by atoms with Gasteiger partial charge >= 0.3 is 60.8 Å². The fourth-order valence-electron chi connectivity index (χ4n) is 0. The van der Waals surface area contributed by atoms with E-state index >= 15 is 0 Å². The van der Waals surface area contributed by atoms with Gasteiger partial charge in [0.05, 0.1) is 0 Å². The van der Waals surface area contributed by atoms with E-state index in [4.69, 9.17) is 0 Å². The van der Waals surface area contributed by atoms with E-state index < -0.39 is 0 Å². The molecule has 0 rings (SSSR count). The van der Waals surface area contributed by atoms with Crippen molar-refractivity contribution in [2.45, 2.75) is 0 Å². The summed E-state index contributed by atoms with van der Waals surface area (Å²) in [6, 6.07) is 0. The third kappa shape index (κ3) is 8.82. The Labute approximate surface area is 84.1 Å². The molecule has 0 saturated carbocycles. The van der Waals surface area contributed by atoms with Crippen molar-refractivity contribution in [3.8, 4) is 0 Å². The van der Waals surface area contributed by atoms with Crippen LogP contribution in [0.25, 0.3) is 0 Å². The second-order valence-corrected chi connectivity index (χ2v) is 0. The maximum Gasteiger partial charge on any atom is 0.316 e. The third-order valence-corrected chi connectivity index (χ3v) is 0. The molecule has 0 amide bonds. The summed E-state index contributed by atoms with van der Waals surface area (Å²) >= 11 is 0. The predicted molar refractivity (Wildman–Crippen MR) is 20.7 cm³/mol. The minimum atomic E-state index is 0. The number of hydrogen-bond donors (Lipinski definition) is 0. The van der Waals surface area contributed by atoms with E-state index in [1.54, 1.807) is 0 Å². The summed E-state index contributed by atoms with van der Waals surface area (Å²) in [6.07, 6.45) is 0. The van der Waals surface area contributed by atoms with Crippen LogP contribution in [-0.2, 0) is 19.5 Å². The SMILES string of the molecule is O.[CaH2].[MgH2].[Zn]. The zero-order valence-corrected chi connectivity index (χ0v) is 4.17. The van der Waals surface area contributed by atoms with E-state index in [0.717, 1.165) is 0 Å². The molecule has 0 heterocycles. The molecule has 0 aliphatic carbocycles. The Bertz CT molecular complexity index is 8.00. The van der Waals surface area contributed by atoms with Gasteiger partial charge in [0.1, 0.15) is 0 Å². The largest absolute Gasteiger partial charge is 0.316 e.